The number of halogens is 2. The molecular weight excluding hydrogens is 479 g/mol. The molecule has 1 aromatic carbocycles. The molecule has 4 rings (SSSR count). The number of anilines is 1. The number of benzene rings is 1. The lowest BCUT2D eigenvalue weighted by atomic mass is 9.98. The molecule has 0 unspecified atom stereocenters. The Balaban J connectivity index is 1.52. The van der Waals surface area contributed by atoms with Gasteiger partial charge in [-0.05, 0) is 44.0 Å². The quantitative estimate of drug-likeness (QED) is 0.563. The first kappa shape index (κ1) is 22.8. The summed E-state index contributed by atoms with van der Waals surface area (Å²) < 4.78 is 47.0. The summed E-state index contributed by atoms with van der Waals surface area (Å²) in [6.45, 7) is 3.68. The molecule has 0 radical (unpaired) electrons. The molecule has 1 N–H and O–H groups in total. The normalized spacial score (nSPS) is 17.4. The minimum atomic E-state index is -3.84. The summed E-state index contributed by atoms with van der Waals surface area (Å²) in [6.07, 6.45) is 1.02. The molecule has 0 spiro atoms. The highest BCUT2D eigenvalue weighted by Crippen LogP contribution is 2.35. The maximum atomic E-state index is 14.0. The predicted molar refractivity (Wildman–Crippen MR) is 119 cm³/mol. The highest BCUT2D eigenvalue weighted by Gasteiger charge is 2.35. The molecule has 1 aliphatic rings. The van der Waals surface area contributed by atoms with E-state index in [1.807, 2.05) is 0 Å². The number of aromatic nitrogens is 2. The van der Waals surface area contributed by atoms with Crippen LogP contribution in [0.3, 0.4) is 0 Å². The smallest absolute Gasteiger partial charge is 0.244 e. The molecule has 1 saturated heterocycles. The highest BCUT2D eigenvalue weighted by atomic mass is 35.5. The maximum absolute atomic E-state index is 14.0. The summed E-state index contributed by atoms with van der Waals surface area (Å²) in [4.78, 5) is 18.2. The van der Waals surface area contributed by atoms with Crippen molar-refractivity contribution in [1.82, 2.24) is 14.4 Å². The van der Waals surface area contributed by atoms with Gasteiger partial charge in [0, 0.05) is 29.9 Å². The van der Waals surface area contributed by atoms with Gasteiger partial charge in [-0.25, -0.2) is 12.8 Å². The van der Waals surface area contributed by atoms with E-state index < -0.39 is 27.7 Å². The largest absolute Gasteiger partial charge is 0.339 e. The number of thiophene rings is 1. The number of amides is 1. The van der Waals surface area contributed by atoms with Crippen LogP contribution in [0.2, 0.25) is 5.02 Å². The molecule has 170 valence electrons. The molecule has 12 heteroatoms. The molecule has 1 amide bonds. The minimum absolute atomic E-state index is 0.00751. The van der Waals surface area contributed by atoms with E-state index in [1.165, 1.54) is 33.8 Å². The van der Waals surface area contributed by atoms with Gasteiger partial charge in [-0.15, -0.1) is 11.3 Å². The highest BCUT2D eigenvalue weighted by molar-refractivity contribution is 7.89. The molecule has 1 atom stereocenters. The zero-order valence-corrected chi connectivity index (χ0v) is 19.7. The summed E-state index contributed by atoms with van der Waals surface area (Å²) in [7, 11) is -3.84. The predicted octanol–water partition coefficient (Wildman–Crippen LogP) is 4.25. The van der Waals surface area contributed by atoms with Crippen LogP contribution in [0.5, 0.6) is 0 Å². The number of piperidine rings is 1. The number of carbonyl (C=O) groups excluding carboxylic acids is 1. The fourth-order valence-electron chi connectivity index (χ4n) is 3.57. The number of hydrogen-bond acceptors (Lipinski definition) is 7. The molecule has 0 saturated carbocycles. The van der Waals surface area contributed by atoms with E-state index in [4.69, 9.17) is 16.1 Å². The van der Waals surface area contributed by atoms with Crippen LogP contribution in [0, 0.1) is 25.6 Å². The number of nitrogens with one attached hydrogen (secondary N) is 1. The van der Waals surface area contributed by atoms with Crippen LogP contribution in [0.15, 0.2) is 33.7 Å². The molecule has 1 fully saturated rings. The van der Waals surface area contributed by atoms with Crippen LogP contribution in [-0.2, 0) is 14.8 Å². The van der Waals surface area contributed by atoms with Gasteiger partial charge in [0.1, 0.15) is 5.82 Å². The van der Waals surface area contributed by atoms with Crippen molar-refractivity contribution in [2.45, 2.75) is 31.6 Å². The Labute approximate surface area is 193 Å². The van der Waals surface area contributed by atoms with E-state index in [0.717, 1.165) is 6.07 Å². The number of sulfonamides is 1. The zero-order chi connectivity index (χ0) is 23.0. The van der Waals surface area contributed by atoms with Crippen molar-refractivity contribution in [1.29, 1.82) is 0 Å². The third kappa shape index (κ3) is 4.56. The lowest BCUT2D eigenvalue weighted by molar-refractivity contribution is -0.120. The molecule has 2 aromatic heterocycles. The van der Waals surface area contributed by atoms with Gasteiger partial charge in [0.05, 0.1) is 21.4 Å². The van der Waals surface area contributed by atoms with Crippen molar-refractivity contribution < 1.29 is 22.1 Å². The second-order valence-electron chi connectivity index (χ2n) is 7.48. The summed E-state index contributed by atoms with van der Waals surface area (Å²) >= 11 is 7.01. The number of rotatable bonds is 5. The summed E-state index contributed by atoms with van der Waals surface area (Å²) in [5, 5.41) is 6.61. The molecule has 0 aliphatic carbocycles. The van der Waals surface area contributed by atoms with Gasteiger partial charge >= 0.3 is 0 Å². The van der Waals surface area contributed by atoms with E-state index >= 15 is 0 Å². The molecule has 3 aromatic rings. The van der Waals surface area contributed by atoms with Gasteiger partial charge in [0.2, 0.25) is 27.6 Å². The van der Waals surface area contributed by atoms with E-state index in [2.05, 4.69) is 15.5 Å². The minimum Gasteiger partial charge on any atom is -0.339 e. The van der Waals surface area contributed by atoms with Gasteiger partial charge in [-0.2, -0.15) is 9.29 Å². The van der Waals surface area contributed by atoms with Crippen molar-refractivity contribution in [2.75, 3.05) is 18.4 Å². The molecule has 8 nitrogen and oxygen atoms in total. The Bertz CT molecular complexity index is 1270. The average molecular weight is 499 g/mol. The molecule has 0 bridgehead atoms. The van der Waals surface area contributed by atoms with Crippen LogP contribution >= 0.6 is 22.9 Å². The number of aryl methyl sites for hydroxylation is 2. The standard InChI is InChI=1S/C20H20ClFN4O4S2/c1-11-18(9-17(31-11)19-23-12(2)30-25-19)32(28,29)26-7-3-4-13(10-26)20(27)24-16-6-5-14(21)8-15(16)22/h5-6,8-9,13H,3-4,7,10H2,1-2H3,(H,24,27)/t13-/m0/s1. The van der Waals surface area contributed by atoms with Crippen molar-refractivity contribution in [3.8, 4) is 10.7 Å². The monoisotopic (exact) mass is 498 g/mol. The summed E-state index contributed by atoms with van der Waals surface area (Å²) in [5.74, 6) is -0.970. The van der Waals surface area contributed by atoms with E-state index in [0.29, 0.717) is 40.9 Å². The van der Waals surface area contributed by atoms with Gasteiger partial charge < -0.3 is 9.84 Å². The van der Waals surface area contributed by atoms with Gasteiger partial charge in [-0.1, -0.05) is 16.8 Å². The third-order valence-corrected chi connectivity index (χ3v) is 8.58. The lowest BCUT2D eigenvalue weighted by Gasteiger charge is -2.31. The Morgan fingerprint density at radius 3 is 2.81 bits per heavy atom. The summed E-state index contributed by atoms with van der Waals surface area (Å²) in [6, 6.07) is 5.49. The SMILES string of the molecule is Cc1nc(-c2cc(S(=O)(=O)N3CCC[C@H](C(=O)Nc4ccc(Cl)cc4F)C3)c(C)s2)no1. The van der Waals surface area contributed by atoms with Crippen LogP contribution in [0.1, 0.15) is 23.6 Å². The zero-order valence-electron chi connectivity index (χ0n) is 17.3. The Morgan fingerprint density at radius 1 is 1.34 bits per heavy atom. The van der Waals surface area contributed by atoms with E-state index in [1.54, 1.807) is 13.8 Å². The average Bonchev–Trinajstić information content (AvgIpc) is 3.36. The lowest BCUT2D eigenvalue weighted by Crippen LogP contribution is -2.43. The number of carbonyl (C=O) groups is 1. The van der Waals surface area contributed by atoms with Crippen LogP contribution in [0.4, 0.5) is 10.1 Å². The van der Waals surface area contributed by atoms with Gasteiger partial charge in [-0.3, -0.25) is 4.79 Å². The fraction of sp³-hybridized carbons (Fsp3) is 0.350. The Kier molecular flexibility index (Phi) is 6.35. The topological polar surface area (TPSA) is 105 Å². The number of nitrogens with zero attached hydrogens (tertiary/aromatic N) is 3. The maximum Gasteiger partial charge on any atom is 0.244 e. The Hall–Kier alpha value is -2.34. The molecular formula is C20H20ClFN4O4S2. The summed E-state index contributed by atoms with van der Waals surface area (Å²) in [5.41, 5.74) is 0.00751. The molecule has 32 heavy (non-hydrogen) atoms. The van der Waals surface area contributed by atoms with Crippen LogP contribution in [-0.4, -0.2) is 41.9 Å². The van der Waals surface area contributed by atoms with E-state index in [-0.39, 0.29) is 22.2 Å². The van der Waals surface area contributed by atoms with Crippen molar-refractivity contribution in [3.63, 3.8) is 0 Å². The van der Waals surface area contributed by atoms with Crippen molar-refractivity contribution >= 4 is 44.6 Å². The fourth-order valence-corrected chi connectivity index (χ4v) is 6.74. The Morgan fingerprint density at radius 2 is 2.12 bits per heavy atom. The molecule has 1 aliphatic heterocycles. The second-order valence-corrected chi connectivity index (χ2v) is 11.1. The van der Waals surface area contributed by atoms with Crippen molar-refractivity contribution in [3.05, 3.63) is 45.9 Å². The first-order chi connectivity index (χ1) is 15.1. The van der Waals surface area contributed by atoms with Crippen LogP contribution in [0.25, 0.3) is 10.7 Å². The third-order valence-electron chi connectivity index (χ3n) is 5.18. The van der Waals surface area contributed by atoms with Crippen molar-refractivity contribution in [2.24, 2.45) is 5.92 Å². The second kappa shape index (κ2) is 8.89. The number of hydrogen-bond donors (Lipinski definition) is 1. The first-order valence-electron chi connectivity index (χ1n) is 9.82. The first-order valence-corrected chi connectivity index (χ1v) is 12.5. The molecule has 3 heterocycles. The van der Waals surface area contributed by atoms with Gasteiger partial charge in [0.25, 0.3) is 0 Å². The van der Waals surface area contributed by atoms with Crippen LogP contribution < -0.4 is 5.32 Å². The van der Waals surface area contributed by atoms with E-state index in [9.17, 15) is 17.6 Å². The van der Waals surface area contributed by atoms with Gasteiger partial charge in [0.15, 0.2) is 0 Å².